The van der Waals surface area contributed by atoms with Crippen molar-refractivity contribution in [3.63, 3.8) is 0 Å². The molecule has 0 saturated carbocycles. The number of nitrogens with zero attached hydrogens (tertiary/aromatic N) is 4. The molecule has 0 bridgehead atoms. The van der Waals surface area contributed by atoms with Crippen molar-refractivity contribution in [2.75, 3.05) is 0 Å². The van der Waals surface area contributed by atoms with Gasteiger partial charge in [-0.25, -0.2) is 4.68 Å². The van der Waals surface area contributed by atoms with Gasteiger partial charge in [0.25, 0.3) is 0 Å². The van der Waals surface area contributed by atoms with E-state index in [0.29, 0.717) is 22.8 Å². The Hall–Kier alpha value is -1.47. The topological polar surface area (TPSA) is 80.9 Å². The molecule has 1 aromatic heterocycles. The van der Waals surface area contributed by atoms with Crippen LogP contribution >= 0.6 is 27.5 Å². The van der Waals surface area contributed by atoms with E-state index in [1.54, 1.807) is 12.1 Å². The van der Waals surface area contributed by atoms with Gasteiger partial charge in [0.2, 0.25) is 0 Å². The van der Waals surface area contributed by atoms with E-state index in [9.17, 15) is 4.79 Å². The number of carboxylic acids is 1. The average molecular weight is 360 g/mol. The molecule has 1 unspecified atom stereocenters. The first-order valence-electron chi connectivity index (χ1n) is 5.98. The van der Waals surface area contributed by atoms with Crippen molar-refractivity contribution in [2.45, 2.75) is 25.8 Å². The van der Waals surface area contributed by atoms with Crippen molar-refractivity contribution >= 4 is 33.5 Å². The van der Waals surface area contributed by atoms with Gasteiger partial charge in [-0.05, 0) is 35.0 Å². The summed E-state index contributed by atoms with van der Waals surface area (Å²) >= 11 is 9.54. The van der Waals surface area contributed by atoms with Gasteiger partial charge < -0.3 is 5.11 Å². The van der Waals surface area contributed by atoms with Crippen LogP contribution in [0.25, 0.3) is 11.4 Å². The maximum atomic E-state index is 10.9. The molecule has 2 aromatic rings. The molecule has 8 heteroatoms. The van der Waals surface area contributed by atoms with Gasteiger partial charge in [-0.1, -0.05) is 34.5 Å². The van der Waals surface area contributed by atoms with Gasteiger partial charge in [0.05, 0.1) is 17.5 Å². The number of benzene rings is 1. The van der Waals surface area contributed by atoms with E-state index < -0.39 is 5.97 Å². The fourth-order valence-corrected chi connectivity index (χ4v) is 2.45. The van der Waals surface area contributed by atoms with E-state index in [0.717, 1.165) is 4.47 Å². The van der Waals surface area contributed by atoms with Gasteiger partial charge in [-0.2, -0.15) is 0 Å². The molecule has 0 aliphatic heterocycles. The molecule has 0 aliphatic rings. The minimum absolute atomic E-state index is 0.0415. The first kappa shape index (κ1) is 14.9. The molecule has 1 atom stereocenters. The van der Waals surface area contributed by atoms with Crippen LogP contribution in [0.3, 0.4) is 0 Å². The van der Waals surface area contributed by atoms with E-state index in [-0.39, 0.29) is 12.5 Å². The van der Waals surface area contributed by atoms with Crippen LogP contribution in [-0.2, 0) is 4.79 Å². The quantitative estimate of drug-likeness (QED) is 0.886. The number of aliphatic carboxylic acids is 1. The van der Waals surface area contributed by atoms with Crippen molar-refractivity contribution in [3.05, 3.63) is 27.7 Å². The van der Waals surface area contributed by atoms with E-state index >= 15 is 0 Å². The van der Waals surface area contributed by atoms with Gasteiger partial charge in [0.15, 0.2) is 5.82 Å². The summed E-state index contributed by atoms with van der Waals surface area (Å²) in [5.74, 6) is -0.428. The Morgan fingerprint density at radius 3 is 2.95 bits per heavy atom. The second kappa shape index (κ2) is 6.32. The van der Waals surface area contributed by atoms with Crippen LogP contribution in [0.5, 0.6) is 0 Å². The van der Waals surface area contributed by atoms with Crippen molar-refractivity contribution in [3.8, 4) is 11.4 Å². The van der Waals surface area contributed by atoms with Crippen molar-refractivity contribution < 1.29 is 9.90 Å². The molecule has 1 N–H and O–H groups in total. The first-order chi connectivity index (χ1) is 9.52. The Morgan fingerprint density at radius 1 is 1.55 bits per heavy atom. The molecule has 6 nitrogen and oxygen atoms in total. The van der Waals surface area contributed by atoms with Crippen LogP contribution in [-0.4, -0.2) is 31.3 Å². The zero-order chi connectivity index (χ0) is 14.7. The lowest BCUT2D eigenvalue weighted by molar-refractivity contribution is -0.138. The summed E-state index contributed by atoms with van der Waals surface area (Å²) in [6.45, 7) is 1.89. The molecule has 0 fully saturated rings. The highest BCUT2D eigenvalue weighted by atomic mass is 79.9. The maximum absolute atomic E-state index is 10.9. The van der Waals surface area contributed by atoms with E-state index in [1.165, 1.54) is 4.68 Å². The van der Waals surface area contributed by atoms with Crippen LogP contribution in [0.15, 0.2) is 22.7 Å². The summed E-state index contributed by atoms with van der Waals surface area (Å²) < 4.78 is 2.36. The summed E-state index contributed by atoms with van der Waals surface area (Å²) in [6.07, 6.45) is 0.566. The molecular weight excluding hydrogens is 348 g/mol. The third-order valence-electron chi connectivity index (χ3n) is 2.89. The Kier molecular flexibility index (Phi) is 4.72. The number of carboxylic acid groups (broad SMARTS) is 1. The van der Waals surface area contributed by atoms with Crippen LogP contribution in [0.1, 0.15) is 25.8 Å². The average Bonchev–Trinajstić information content (AvgIpc) is 2.87. The molecule has 0 amide bonds. The number of aromatic nitrogens is 4. The van der Waals surface area contributed by atoms with Crippen molar-refractivity contribution in [2.24, 2.45) is 0 Å². The first-order valence-corrected chi connectivity index (χ1v) is 7.15. The lowest BCUT2D eigenvalue weighted by Gasteiger charge is -2.14. The van der Waals surface area contributed by atoms with Crippen LogP contribution in [0, 0.1) is 0 Å². The third-order valence-corrected chi connectivity index (χ3v) is 3.71. The predicted octanol–water partition coefficient (Wildman–Crippen LogP) is 3.18. The number of rotatable bonds is 5. The van der Waals surface area contributed by atoms with Crippen molar-refractivity contribution in [1.82, 2.24) is 20.2 Å². The lowest BCUT2D eigenvalue weighted by atomic mass is 10.1. The highest BCUT2D eigenvalue weighted by Crippen LogP contribution is 2.31. The summed E-state index contributed by atoms with van der Waals surface area (Å²) in [7, 11) is 0. The minimum Gasteiger partial charge on any atom is -0.481 e. The Balaban J connectivity index is 2.46. The third kappa shape index (κ3) is 3.16. The normalized spacial score (nSPS) is 12.3. The molecule has 0 spiro atoms. The van der Waals surface area contributed by atoms with Crippen LogP contribution in [0.2, 0.25) is 5.02 Å². The molecule has 20 heavy (non-hydrogen) atoms. The molecule has 0 saturated heterocycles. The molecule has 0 aliphatic carbocycles. The fourth-order valence-electron chi connectivity index (χ4n) is 1.89. The number of hydrogen-bond acceptors (Lipinski definition) is 4. The number of hydrogen-bond donors (Lipinski definition) is 1. The summed E-state index contributed by atoms with van der Waals surface area (Å²) in [6, 6.07) is 5.04. The fraction of sp³-hybridized carbons (Fsp3) is 0.333. The lowest BCUT2D eigenvalue weighted by Crippen LogP contribution is -2.15. The Morgan fingerprint density at radius 2 is 2.30 bits per heavy atom. The second-order valence-electron chi connectivity index (χ2n) is 4.23. The minimum atomic E-state index is -0.890. The zero-order valence-electron chi connectivity index (χ0n) is 10.6. The largest absolute Gasteiger partial charge is 0.481 e. The number of carbonyl (C=O) groups is 1. The molecule has 0 radical (unpaired) electrons. The van der Waals surface area contributed by atoms with Crippen LogP contribution in [0.4, 0.5) is 0 Å². The van der Waals surface area contributed by atoms with Gasteiger partial charge >= 0.3 is 5.97 Å². The summed E-state index contributed by atoms with van der Waals surface area (Å²) in [5, 5.41) is 21.0. The monoisotopic (exact) mass is 358 g/mol. The summed E-state index contributed by atoms with van der Waals surface area (Å²) in [4.78, 5) is 10.9. The van der Waals surface area contributed by atoms with Crippen molar-refractivity contribution in [1.29, 1.82) is 0 Å². The van der Waals surface area contributed by atoms with Crippen LogP contribution < -0.4 is 0 Å². The van der Waals surface area contributed by atoms with E-state index in [1.807, 2.05) is 13.0 Å². The standard InChI is InChI=1S/C12H12BrClN4O2/c1-2-8(6-11(19)20)18-12(15-16-17-18)9-5-7(13)3-4-10(9)14/h3-5,8H,2,6H2,1H3,(H,19,20). The Labute approximate surface area is 128 Å². The molecule has 2 rings (SSSR count). The molecule has 1 heterocycles. The number of halogens is 2. The van der Waals surface area contributed by atoms with Gasteiger partial charge in [0, 0.05) is 10.0 Å². The number of tetrazole rings is 1. The molecular formula is C12H12BrClN4O2. The zero-order valence-corrected chi connectivity index (χ0v) is 13.0. The Bertz CT molecular complexity index is 632. The molecule has 1 aromatic carbocycles. The van der Waals surface area contributed by atoms with E-state index in [2.05, 4.69) is 31.5 Å². The van der Waals surface area contributed by atoms with Gasteiger partial charge in [0.1, 0.15) is 0 Å². The predicted molar refractivity (Wildman–Crippen MR) is 77.5 cm³/mol. The van der Waals surface area contributed by atoms with E-state index in [4.69, 9.17) is 16.7 Å². The molecule has 106 valence electrons. The van der Waals surface area contributed by atoms with Gasteiger partial charge in [-0.15, -0.1) is 5.10 Å². The smallest absolute Gasteiger partial charge is 0.305 e. The van der Waals surface area contributed by atoms with Gasteiger partial charge in [-0.3, -0.25) is 4.79 Å². The second-order valence-corrected chi connectivity index (χ2v) is 5.55. The SMILES string of the molecule is CCC(CC(=O)O)n1nnnc1-c1cc(Br)ccc1Cl. The highest BCUT2D eigenvalue weighted by molar-refractivity contribution is 9.10. The maximum Gasteiger partial charge on any atom is 0.305 e. The highest BCUT2D eigenvalue weighted by Gasteiger charge is 2.21. The summed E-state index contributed by atoms with van der Waals surface area (Å²) in [5.41, 5.74) is 0.662.